The zero-order valence-electron chi connectivity index (χ0n) is 8.95. The first-order valence-electron chi connectivity index (χ1n) is 4.82. The molecule has 0 fully saturated rings. The lowest BCUT2D eigenvalue weighted by molar-refractivity contribution is 0.101. The van der Waals surface area contributed by atoms with Gasteiger partial charge < -0.3 is 5.32 Å². The van der Waals surface area contributed by atoms with E-state index in [2.05, 4.69) is 10.4 Å². The Morgan fingerprint density at radius 2 is 1.94 bits per heavy atom. The summed E-state index contributed by atoms with van der Waals surface area (Å²) >= 11 is 11.7. The van der Waals surface area contributed by atoms with E-state index in [9.17, 15) is 4.79 Å². The van der Waals surface area contributed by atoms with Crippen LogP contribution in [0.4, 0.5) is 5.69 Å². The number of aryl methyl sites for hydroxylation is 1. The molecule has 1 N–H and O–H groups in total. The number of rotatable bonds is 2. The van der Waals surface area contributed by atoms with Gasteiger partial charge in [0.2, 0.25) is 0 Å². The highest BCUT2D eigenvalue weighted by atomic mass is 35.5. The summed E-state index contributed by atoms with van der Waals surface area (Å²) in [5, 5.41) is 7.56. The van der Waals surface area contributed by atoms with E-state index in [4.69, 9.17) is 23.2 Å². The third kappa shape index (κ3) is 2.78. The molecule has 0 radical (unpaired) electrons. The van der Waals surface area contributed by atoms with Gasteiger partial charge in [-0.25, -0.2) is 0 Å². The van der Waals surface area contributed by atoms with Crippen molar-refractivity contribution in [2.45, 2.75) is 0 Å². The molecular formula is C11H9Cl2N3O. The largest absolute Gasteiger partial charge is 0.321 e. The number of benzene rings is 1. The first kappa shape index (κ1) is 12.0. The maximum atomic E-state index is 11.9. The van der Waals surface area contributed by atoms with E-state index in [0.717, 1.165) is 0 Å². The lowest BCUT2D eigenvalue weighted by atomic mass is 10.3. The zero-order chi connectivity index (χ0) is 12.4. The van der Waals surface area contributed by atoms with Crippen molar-refractivity contribution in [1.29, 1.82) is 0 Å². The third-order valence-corrected chi connectivity index (χ3v) is 2.61. The Labute approximate surface area is 108 Å². The summed E-state index contributed by atoms with van der Waals surface area (Å²) in [5.74, 6) is -0.261. The van der Waals surface area contributed by atoms with Crippen LogP contribution in [-0.2, 0) is 7.05 Å². The lowest BCUT2D eigenvalue weighted by Gasteiger charge is -2.06. The standard InChI is InChI=1S/C11H9Cl2N3O/c1-16-10(2-3-14-16)11(17)15-9-5-7(12)4-8(13)6-9/h2-6H,1H3,(H,15,17). The number of hydrogen-bond acceptors (Lipinski definition) is 2. The number of aromatic nitrogens is 2. The minimum atomic E-state index is -0.261. The van der Waals surface area contributed by atoms with E-state index in [0.29, 0.717) is 21.4 Å². The van der Waals surface area contributed by atoms with Gasteiger partial charge >= 0.3 is 0 Å². The first-order chi connectivity index (χ1) is 8.06. The van der Waals surface area contributed by atoms with E-state index in [-0.39, 0.29) is 5.91 Å². The molecule has 0 saturated carbocycles. The van der Waals surface area contributed by atoms with Crippen molar-refractivity contribution in [3.63, 3.8) is 0 Å². The zero-order valence-corrected chi connectivity index (χ0v) is 10.5. The van der Waals surface area contributed by atoms with Gasteiger partial charge in [0.05, 0.1) is 0 Å². The number of amides is 1. The average molecular weight is 270 g/mol. The minimum Gasteiger partial charge on any atom is -0.321 e. The highest BCUT2D eigenvalue weighted by Crippen LogP contribution is 2.22. The Kier molecular flexibility index (Phi) is 3.36. The molecule has 0 aliphatic heterocycles. The number of halogens is 2. The third-order valence-electron chi connectivity index (χ3n) is 2.17. The van der Waals surface area contributed by atoms with Gasteiger partial charge in [-0.3, -0.25) is 9.48 Å². The number of carbonyl (C=O) groups excluding carboxylic acids is 1. The van der Waals surface area contributed by atoms with Crippen LogP contribution in [0.3, 0.4) is 0 Å². The van der Waals surface area contributed by atoms with Gasteiger partial charge in [-0.15, -0.1) is 0 Å². The molecule has 0 atom stereocenters. The minimum absolute atomic E-state index is 0.261. The predicted molar refractivity (Wildman–Crippen MR) is 67.6 cm³/mol. The highest BCUT2D eigenvalue weighted by Gasteiger charge is 2.10. The molecule has 0 spiro atoms. The topological polar surface area (TPSA) is 46.9 Å². The van der Waals surface area contributed by atoms with Crippen molar-refractivity contribution in [3.8, 4) is 0 Å². The number of carbonyl (C=O) groups is 1. The molecule has 0 saturated heterocycles. The van der Waals surface area contributed by atoms with E-state index in [1.165, 1.54) is 4.68 Å². The first-order valence-corrected chi connectivity index (χ1v) is 5.57. The summed E-state index contributed by atoms with van der Waals surface area (Å²) in [6.45, 7) is 0. The maximum Gasteiger partial charge on any atom is 0.273 e. The molecule has 1 aromatic carbocycles. The molecule has 1 amide bonds. The van der Waals surface area contributed by atoms with Gasteiger partial charge in [0.15, 0.2) is 0 Å². The highest BCUT2D eigenvalue weighted by molar-refractivity contribution is 6.35. The van der Waals surface area contributed by atoms with Crippen LogP contribution in [0.1, 0.15) is 10.5 Å². The van der Waals surface area contributed by atoms with E-state index < -0.39 is 0 Å². The second-order valence-electron chi connectivity index (χ2n) is 3.45. The van der Waals surface area contributed by atoms with Crippen LogP contribution >= 0.6 is 23.2 Å². The summed E-state index contributed by atoms with van der Waals surface area (Å²) in [6.07, 6.45) is 1.56. The SMILES string of the molecule is Cn1nccc1C(=O)Nc1cc(Cl)cc(Cl)c1. The van der Waals surface area contributed by atoms with Crippen LogP contribution in [0.5, 0.6) is 0 Å². The molecule has 17 heavy (non-hydrogen) atoms. The van der Waals surface area contributed by atoms with E-state index in [1.807, 2.05) is 0 Å². The molecule has 0 aliphatic carbocycles. The van der Waals surface area contributed by atoms with Crippen molar-refractivity contribution < 1.29 is 4.79 Å². The van der Waals surface area contributed by atoms with Crippen molar-refractivity contribution >= 4 is 34.8 Å². The molecule has 1 heterocycles. The summed E-state index contributed by atoms with van der Waals surface area (Å²) in [6, 6.07) is 6.48. The fourth-order valence-corrected chi connectivity index (χ4v) is 1.94. The van der Waals surface area contributed by atoms with Gasteiger partial charge in [0.1, 0.15) is 5.69 Å². The maximum absolute atomic E-state index is 11.9. The molecule has 0 aliphatic rings. The molecule has 6 heteroatoms. The molecule has 1 aromatic heterocycles. The van der Waals surface area contributed by atoms with Crippen molar-refractivity contribution in [2.24, 2.45) is 7.05 Å². The summed E-state index contributed by atoms with van der Waals surface area (Å²) in [5.41, 5.74) is 1.01. The van der Waals surface area contributed by atoms with E-state index in [1.54, 1.807) is 37.5 Å². The molecule has 0 unspecified atom stereocenters. The molecule has 2 aromatic rings. The quantitative estimate of drug-likeness (QED) is 0.911. The monoisotopic (exact) mass is 269 g/mol. The van der Waals surface area contributed by atoms with Crippen LogP contribution in [0, 0.1) is 0 Å². The Balaban J connectivity index is 2.21. The molecule has 2 rings (SSSR count). The number of nitrogens with zero attached hydrogens (tertiary/aromatic N) is 2. The summed E-state index contributed by atoms with van der Waals surface area (Å²) in [7, 11) is 1.69. The molecular weight excluding hydrogens is 261 g/mol. The van der Waals surface area contributed by atoms with Crippen LogP contribution < -0.4 is 5.32 Å². The van der Waals surface area contributed by atoms with Crippen LogP contribution in [0.2, 0.25) is 10.0 Å². The summed E-state index contributed by atoms with van der Waals surface area (Å²) < 4.78 is 1.49. The Bertz CT molecular complexity index is 545. The second-order valence-corrected chi connectivity index (χ2v) is 4.33. The Hall–Kier alpha value is -1.52. The van der Waals surface area contributed by atoms with Crippen LogP contribution in [0.15, 0.2) is 30.5 Å². The Morgan fingerprint density at radius 3 is 2.47 bits per heavy atom. The van der Waals surface area contributed by atoms with Gasteiger partial charge in [-0.2, -0.15) is 5.10 Å². The van der Waals surface area contributed by atoms with E-state index >= 15 is 0 Å². The Morgan fingerprint density at radius 1 is 1.29 bits per heavy atom. The van der Waals surface area contributed by atoms with Gasteiger partial charge in [-0.1, -0.05) is 23.2 Å². The predicted octanol–water partition coefficient (Wildman–Crippen LogP) is 2.98. The van der Waals surface area contributed by atoms with Crippen LogP contribution in [0.25, 0.3) is 0 Å². The number of nitrogens with one attached hydrogen (secondary N) is 1. The van der Waals surface area contributed by atoms with Crippen molar-refractivity contribution in [1.82, 2.24) is 9.78 Å². The fourth-order valence-electron chi connectivity index (χ4n) is 1.42. The molecule has 0 bridgehead atoms. The number of anilines is 1. The van der Waals surface area contributed by atoms with Crippen molar-refractivity contribution in [3.05, 3.63) is 46.2 Å². The summed E-state index contributed by atoms with van der Waals surface area (Å²) in [4.78, 5) is 11.9. The van der Waals surface area contributed by atoms with Gasteiger partial charge in [0.25, 0.3) is 5.91 Å². The van der Waals surface area contributed by atoms with Gasteiger partial charge in [0, 0.05) is 29.0 Å². The average Bonchev–Trinajstić information content (AvgIpc) is 2.62. The van der Waals surface area contributed by atoms with Crippen LogP contribution in [-0.4, -0.2) is 15.7 Å². The molecule has 88 valence electrons. The smallest absolute Gasteiger partial charge is 0.273 e. The second kappa shape index (κ2) is 4.77. The normalized spacial score (nSPS) is 10.3. The fraction of sp³-hybridized carbons (Fsp3) is 0.0909. The van der Waals surface area contributed by atoms with Gasteiger partial charge in [-0.05, 0) is 24.3 Å². The molecule has 4 nitrogen and oxygen atoms in total. The lowest BCUT2D eigenvalue weighted by Crippen LogP contribution is -2.16. The number of hydrogen-bond donors (Lipinski definition) is 1. The van der Waals surface area contributed by atoms with Crippen molar-refractivity contribution in [2.75, 3.05) is 5.32 Å².